The van der Waals surface area contributed by atoms with E-state index in [4.69, 9.17) is 5.26 Å². The molecule has 20 heavy (non-hydrogen) atoms. The second-order valence-electron chi connectivity index (χ2n) is 4.01. The topological polar surface area (TPSA) is 103 Å². The molecule has 0 radical (unpaired) electrons. The molecule has 0 aliphatic heterocycles. The van der Waals surface area contributed by atoms with Crippen LogP contribution in [0.4, 0.5) is 5.82 Å². The molecule has 0 aliphatic carbocycles. The van der Waals surface area contributed by atoms with Gasteiger partial charge in [-0.2, -0.15) is 10.4 Å². The number of aromatic amines is 1. The number of nitriles is 1. The predicted molar refractivity (Wildman–Crippen MR) is 71.1 cm³/mol. The number of fused-ring (bicyclic) bond motifs is 1. The molecular formula is C13H9N7. The lowest BCUT2D eigenvalue weighted by atomic mass is 10.1. The van der Waals surface area contributed by atoms with Crippen LogP contribution in [0.25, 0.3) is 11.2 Å². The van der Waals surface area contributed by atoms with Crippen LogP contribution in [0.1, 0.15) is 11.1 Å². The average molecular weight is 263 g/mol. The quantitative estimate of drug-likeness (QED) is 0.733. The maximum absolute atomic E-state index is 8.83. The van der Waals surface area contributed by atoms with Crippen LogP contribution in [0.5, 0.6) is 0 Å². The lowest BCUT2D eigenvalue weighted by Gasteiger charge is -1.96. The summed E-state index contributed by atoms with van der Waals surface area (Å²) in [6, 6.07) is 9.34. The number of benzene rings is 1. The van der Waals surface area contributed by atoms with Crippen LogP contribution in [-0.2, 0) is 6.54 Å². The molecule has 2 heterocycles. The molecule has 0 fully saturated rings. The molecule has 0 unspecified atom stereocenters. The molecule has 3 aromatic rings. The summed E-state index contributed by atoms with van der Waals surface area (Å²) in [7, 11) is 0. The van der Waals surface area contributed by atoms with Gasteiger partial charge in [-0.1, -0.05) is 12.1 Å². The van der Waals surface area contributed by atoms with E-state index in [9.17, 15) is 0 Å². The van der Waals surface area contributed by atoms with Crippen molar-refractivity contribution in [1.82, 2.24) is 19.9 Å². The second-order valence-corrected chi connectivity index (χ2v) is 4.01. The summed E-state index contributed by atoms with van der Waals surface area (Å²) in [5.74, 6) is 0.448. The minimum Gasteiger partial charge on any atom is -0.340 e. The highest BCUT2D eigenvalue weighted by atomic mass is 15.2. The first-order valence-electron chi connectivity index (χ1n) is 5.87. The number of imidazole rings is 1. The lowest BCUT2D eigenvalue weighted by molar-refractivity contribution is 0.945. The van der Waals surface area contributed by atoms with E-state index in [0.717, 1.165) is 5.56 Å². The van der Waals surface area contributed by atoms with E-state index in [1.54, 1.807) is 12.1 Å². The summed E-state index contributed by atoms with van der Waals surface area (Å²) >= 11 is 0. The maximum Gasteiger partial charge on any atom is 0.203 e. The Bertz CT molecular complexity index is 813. The summed E-state index contributed by atoms with van der Waals surface area (Å²) in [6.45, 7) is 0.384. The number of rotatable bonds is 3. The van der Waals surface area contributed by atoms with Gasteiger partial charge in [0.05, 0.1) is 24.5 Å². The third-order valence-corrected chi connectivity index (χ3v) is 2.68. The number of azo groups is 1. The molecule has 0 atom stereocenters. The first-order valence-corrected chi connectivity index (χ1v) is 5.87. The first kappa shape index (κ1) is 11.9. The minimum atomic E-state index is 0.384. The van der Waals surface area contributed by atoms with Gasteiger partial charge in [-0.15, -0.1) is 5.11 Å². The average Bonchev–Trinajstić information content (AvgIpc) is 2.97. The number of H-pyrrole nitrogens is 1. The number of hydrogen-bond donors (Lipinski definition) is 1. The van der Waals surface area contributed by atoms with Crippen LogP contribution in [0.3, 0.4) is 0 Å². The molecule has 0 bridgehead atoms. The van der Waals surface area contributed by atoms with Gasteiger partial charge in [0.25, 0.3) is 0 Å². The zero-order valence-electron chi connectivity index (χ0n) is 10.4. The molecule has 1 N–H and O–H groups in total. The highest BCUT2D eigenvalue weighted by Gasteiger charge is 2.03. The van der Waals surface area contributed by atoms with Crippen molar-refractivity contribution in [3.8, 4) is 6.07 Å². The van der Waals surface area contributed by atoms with Crippen molar-refractivity contribution in [1.29, 1.82) is 5.26 Å². The van der Waals surface area contributed by atoms with Crippen LogP contribution in [0.15, 0.2) is 47.1 Å². The van der Waals surface area contributed by atoms with Crippen molar-refractivity contribution < 1.29 is 0 Å². The Hall–Kier alpha value is -3.14. The van der Waals surface area contributed by atoms with E-state index in [1.165, 1.54) is 12.7 Å². The Kier molecular flexibility index (Phi) is 3.12. The van der Waals surface area contributed by atoms with E-state index in [2.05, 4.69) is 36.2 Å². The van der Waals surface area contributed by atoms with Crippen LogP contribution in [0.2, 0.25) is 0 Å². The molecule has 1 aromatic carbocycles. The molecule has 3 rings (SSSR count). The third-order valence-electron chi connectivity index (χ3n) is 2.68. The second kappa shape index (κ2) is 5.24. The summed E-state index contributed by atoms with van der Waals surface area (Å²) < 4.78 is 0. The van der Waals surface area contributed by atoms with Gasteiger partial charge in [-0.3, -0.25) is 0 Å². The molecule has 96 valence electrons. The molecule has 0 spiro atoms. The van der Waals surface area contributed by atoms with E-state index >= 15 is 0 Å². The molecular weight excluding hydrogens is 254 g/mol. The van der Waals surface area contributed by atoms with Crippen LogP contribution < -0.4 is 0 Å². The number of aromatic nitrogens is 4. The van der Waals surface area contributed by atoms with Gasteiger partial charge in [0.15, 0.2) is 5.65 Å². The smallest absolute Gasteiger partial charge is 0.203 e. The van der Waals surface area contributed by atoms with E-state index < -0.39 is 0 Å². The Morgan fingerprint density at radius 3 is 3.10 bits per heavy atom. The van der Waals surface area contributed by atoms with Crippen LogP contribution in [-0.4, -0.2) is 19.9 Å². The normalized spacial score (nSPS) is 10.9. The standard InChI is InChI=1S/C13H9N7/c14-5-9-2-1-3-10(4-9)6-19-20-13-11-12(16-7-15-11)17-8-18-13/h1-4,7-8H,6H2,(H,15,16,17,18). The van der Waals surface area contributed by atoms with E-state index in [0.29, 0.717) is 29.1 Å². The fraction of sp³-hybridized carbons (Fsp3) is 0.0769. The first-order chi connectivity index (χ1) is 9.86. The van der Waals surface area contributed by atoms with Crippen molar-refractivity contribution in [2.75, 3.05) is 0 Å². The molecule has 0 amide bonds. The Morgan fingerprint density at radius 1 is 1.25 bits per heavy atom. The highest BCUT2D eigenvalue weighted by Crippen LogP contribution is 2.18. The van der Waals surface area contributed by atoms with Crippen molar-refractivity contribution >= 4 is 17.0 Å². The SMILES string of the molecule is N#Cc1cccc(CN=Nc2ncnc3nc[nH]c23)c1. The summed E-state index contributed by atoms with van der Waals surface area (Å²) in [5.41, 5.74) is 2.74. The monoisotopic (exact) mass is 263 g/mol. The Balaban J connectivity index is 1.81. The maximum atomic E-state index is 8.83. The Morgan fingerprint density at radius 2 is 2.20 bits per heavy atom. The molecule has 2 aromatic heterocycles. The van der Waals surface area contributed by atoms with Gasteiger partial charge in [0, 0.05) is 0 Å². The largest absolute Gasteiger partial charge is 0.340 e. The zero-order valence-corrected chi connectivity index (χ0v) is 10.4. The lowest BCUT2D eigenvalue weighted by Crippen LogP contribution is -1.84. The summed E-state index contributed by atoms with van der Waals surface area (Å²) in [6.07, 6.45) is 2.93. The van der Waals surface area contributed by atoms with Crippen molar-refractivity contribution in [3.63, 3.8) is 0 Å². The van der Waals surface area contributed by atoms with Gasteiger partial charge in [0.2, 0.25) is 5.82 Å². The van der Waals surface area contributed by atoms with Gasteiger partial charge in [-0.25, -0.2) is 15.0 Å². The number of hydrogen-bond acceptors (Lipinski definition) is 6. The van der Waals surface area contributed by atoms with Gasteiger partial charge in [-0.05, 0) is 17.7 Å². The van der Waals surface area contributed by atoms with Crippen LogP contribution >= 0.6 is 0 Å². The van der Waals surface area contributed by atoms with Crippen molar-refractivity contribution in [2.24, 2.45) is 10.2 Å². The third kappa shape index (κ3) is 2.35. The molecule has 7 heteroatoms. The zero-order chi connectivity index (χ0) is 13.8. The molecule has 0 saturated heterocycles. The molecule has 7 nitrogen and oxygen atoms in total. The van der Waals surface area contributed by atoms with Crippen molar-refractivity contribution in [2.45, 2.75) is 6.54 Å². The van der Waals surface area contributed by atoms with E-state index in [1.807, 2.05) is 12.1 Å². The number of nitrogens with zero attached hydrogens (tertiary/aromatic N) is 6. The minimum absolute atomic E-state index is 0.384. The fourth-order valence-electron chi connectivity index (χ4n) is 1.75. The van der Waals surface area contributed by atoms with Gasteiger partial charge >= 0.3 is 0 Å². The highest BCUT2D eigenvalue weighted by molar-refractivity contribution is 5.79. The van der Waals surface area contributed by atoms with E-state index in [-0.39, 0.29) is 0 Å². The summed E-state index contributed by atoms with van der Waals surface area (Å²) in [5, 5.41) is 17.0. The van der Waals surface area contributed by atoms with Gasteiger partial charge in [0.1, 0.15) is 11.8 Å². The predicted octanol–water partition coefficient (Wildman–Crippen LogP) is 2.51. The fourth-order valence-corrected chi connectivity index (χ4v) is 1.75. The molecule has 0 saturated carbocycles. The number of nitrogens with one attached hydrogen (secondary N) is 1. The molecule has 0 aliphatic rings. The summed E-state index contributed by atoms with van der Waals surface area (Å²) in [4.78, 5) is 15.0. The van der Waals surface area contributed by atoms with Gasteiger partial charge < -0.3 is 4.98 Å². The Labute approximate surface area is 114 Å². The van der Waals surface area contributed by atoms with Crippen molar-refractivity contribution in [3.05, 3.63) is 48.0 Å². The van der Waals surface area contributed by atoms with Crippen LogP contribution in [0, 0.1) is 11.3 Å².